The fourth-order valence-electron chi connectivity index (χ4n) is 1.21. The number of aromatic nitrogens is 1. The van der Waals surface area contributed by atoms with Crippen LogP contribution < -0.4 is 11.1 Å². The van der Waals surface area contributed by atoms with Gasteiger partial charge in [0.15, 0.2) is 0 Å². The molecule has 0 aliphatic rings. The van der Waals surface area contributed by atoms with Crippen LogP contribution in [0.2, 0.25) is 0 Å². The van der Waals surface area contributed by atoms with Crippen molar-refractivity contribution < 1.29 is 9.59 Å². The average molecular weight is 255 g/mol. The zero-order chi connectivity index (χ0) is 13.2. The number of thiazole rings is 1. The Morgan fingerprint density at radius 2 is 2.00 bits per heavy atom. The number of carbonyl (C=O) groups is 2. The second-order valence-electron chi connectivity index (χ2n) is 4.58. The first-order valence-electron chi connectivity index (χ1n) is 5.26. The quantitative estimate of drug-likeness (QED) is 0.841. The number of hydrogen-bond donors (Lipinski definition) is 2. The molecular formula is C11H17N3O2S. The summed E-state index contributed by atoms with van der Waals surface area (Å²) in [5.74, 6) is -0.641. The molecule has 94 valence electrons. The molecule has 1 heterocycles. The molecule has 0 atom stereocenters. The molecule has 0 aromatic carbocycles. The van der Waals surface area contributed by atoms with E-state index in [0.29, 0.717) is 10.6 Å². The minimum atomic E-state index is -0.747. The van der Waals surface area contributed by atoms with Crippen LogP contribution in [0, 0.1) is 19.3 Å². The van der Waals surface area contributed by atoms with Crippen LogP contribution in [0.15, 0.2) is 0 Å². The summed E-state index contributed by atoms with van der Waals surface area (Å²) in [4.78, 5) is 27.7. The molecule has 0 spiro atoms. The van der Waals surface area contributed by atoms with E-state index in [9.17, 15) is 9.59 Å². The molecule has 6 heteroatoms. The van der Waals surface area contributed by atoms with Crippen molar-refractivity contribution in [3.05, 3.63) is 15.6 Å². The zero-order valence-electron chi connectivity index (χ0n) is 10.5. The Bertz CT molecular complexity index is 452. The number of rotatable bonds is 4. The summed E-state index contributed by atoms with van der Waals surface area (Å²) < 4.78 is 0. The first-order valence-corrected chi connectivity index (χ1v) is 6.08. The van der Waals surface area contributed by atoms with E-state index in [1.54, 1.807) is 20.8 Å². The van der Waals surface area contributed by atoms with Gasteiger partial charge in [0.2, 0.25) is 5.91 Å². The van der Waals surface area contributed by atoms with Gasteiger partial charge in [0, 0.05) is 6.54 Å². The average Bonchev–Trinajstić information content (AvgIpc) is 2.54. The van der Waals surface area contributed by atoms with Crippen molar-refractivity contribution in [2.45, 2.75) is 27.7 Å². The highest BCUT2D eigenvalue weighted by Crippen LogP contribution is 2.18. The topological polar surface area (TPSA) is 85.1 Å². The van der Waals surface area contributed by atoms with Crippen LogP contribution in [-0.4, -0.2) is 23.3 Å². The lowest BCUT2D eigenvalue weighted by atomic mass is 9.93. The van der Waals surface area contributed by atoms with Gasteiger partial charge in [0.1, 0.15) is 4.88 Å². The highest BCUT2D eigenvalue weighted by Gasteiger charge is 2.26. The normalized spacial score (nSPS) is 11.3. The van der Waals surface area contributed by atoms with E-state index >= 15 is 0 Å². The van der Waals surface area contributed by atoms with E-state index in [-0.39, 0.29) is 12.5 Å². The van der Waals surface area contributed by atoms with Crippen LogP contribution >= 0.6 is 11.3 Å². The van der Waals surface area contributed by atoms with E-state index < -0.39 is 11.3 Å². The van der Waals surface area contributed by atoms with Crippen molar-refractivity contribution in [3.8, 4) is 0 Å². The third-order valence-corrected chi connectivity index (χ3v) is 3.54. The Kier molecular flexibility index (Phi) is 3.87. The van der Waals surface area contributed by atoms with E-state index in [0.717, 1.165) is 5.01 Å². The zero-order valence-corrected chi connectivity index (χ0v) is 11.3. The number of primary amides is 1. The molecule has 0 unspecified atom stereocenters. The van der Waals surface area contributed by atoms with Gasteiger partial charge in [-0.25, -0.2) is 4.98 Å². The van der Waals surface area contributed by atoms with Crippen molar-refractivity contribution in [3.63, 3.8) is 0 Å². The van der Waals surface area contributed by atoms with Gasteiger partial charge in [-0.3, -0.25) is 9.59 Å². The number of aryl methyl sites for hydroxylation is 2. The van der Waals surface area contributed by atoms with Gasteiger partial charge in [-0.1, -0.05) is 0 Å². The summed E-state index contributed by atoms with van der Waals surface area (Å²) in [5.41, 5.74) is 5.19. The van der Waals surface area contributed by atoms with Crippen molar-refractivity contribution in [1.29, 1.82) is 0 Å². The smallest absolute Gasteiger partial charge is 0.263 e. The highest BCUT2D eigenvalue weighted by molar-refractivity contribution is 7.13. The molecule has 0 aliphatic carbocycles. The fourth-order valence-corrected chi connectivity index (χ4v) is 2.05. The third kappa shape index (κ3) is 3.26. The number of hydrogen-bond acceptors (Lipinski definition) is 4. The van der Waals surface area contributed by atoms with Gasteiger partial charge >= 0.3 is 0 Å². The van der Waals surface area contributed by atoms with E-state index in [1.807, 2.05) is 6.92 Å². The molecule has 0 bridgehead atoms. The lowest BCUT2D eigenvalue weighted by molar-refractivity contribution is -0.125. The Balaban J connectivity index is 2.68. The fraction of sp³-hybridized carbons (Fsp3) is 0.545. The molecule has 3 N–H and O–H groups in total. The van der Waals surface area contributed by atoms with Gasteiger partial charge in [-0.15, -0.1) is 11.3 Å². The van der Waals surface area contributed by atoms with E-state index in [4.69, 9.17) is 5.73 Å². The van der Waals surface area contributed by atoms with Crippen LogP contribution in [-0.2, 0) is 4.79 Å². The van der Waals surface area contributed by atoms with Crippen molar-refractivity contribution in [2.24, 2.45) is 11.1 Å². The van der Waals surface area contributed by atoms with Crippen LogP contribution in [0.3, 0.4) is 0 Å². The molecular weight excluding hydrogens is 238 g/mol. The maximum Gasteiger partial charge on any atom is 0.263 e. The largest absolute Gasteiger partial charge is 0.369 e. The van der Waals surface area contributed by atoms with Crippen LogP contribution in [0.5, 0.6) is 0 Å². The Morgan fingerprint density at radius 1 is 1.41 bits per heavy atom. The molecule has 1 aromatic rings. The number of nitrogens with zero attached hydrogens (tertiary/aromatic N) is 1. The predicted octanol–water partition coefficient (Wildman–Crippen LogP) is 1.00. The number of amides is 2. The first kappa shape index (κ1) is 13.6. The molecule has 0 aliphatic heterocycles. The monoisotopic (exact) mass is 255 g/mol. The highest BCUT2D eigenvalue weighted by atomic mass is 32.1. The van der Waals surface area contributed by atoms with Crippen LogP contribution in [0.25, 0.3) is 0 Å². The maximum atomic E-state index is 11.9. The summed E-state index contributed by atoms with van der Waals surface area (Å²) in [5, 5.41) is 3.55. The van der Waals surface area contributed by atoms with E-state index in [1.165, 1.54) is 11.3 Å². The molecule has 17 heavy (non-hydrogen) atoms. The lowest BCUT2D eigenvalue weighted by Gasteiger charge is -2.20. The summed E-state index contributed by atoms with van der Waals surface area (Å²) in [6.07, 6.45) is 0. The number of nitrogens with one attached hydrogen (secondary N) is 1. The maximum absolute atomic E-state index is 11.9. The Labute approximate surface area is 104 Å². The Hall–Kier alpha value is -1.43. The minimum absolute atomic E-state index is 0.206. The summed E-state index contributed by atoms with van der Waals surface area (Å²) in [6, 6.07) is 0. The molecule has 0 saturated heterocycles. The van der Waals surface area contributed by atoms with Gasteiger partial charge < -0.3 is 11.1 Å². The summed E-state index contributed by atoms with van der Waals surface area (Å²) >= 11 is 1.34. The Morgan fingerprint density at radius 3 is 2.41 bits per heavy atom. The van der Waals surface area contributed by atoms with Gasteiger partial charge in [-0.2, -0.15) is 0 Å². The number of carbonyl (C=O) groups excluding carboxylic acids is 2. The number of nitrogens with two attached hydrogens (primary N) is 1. The second kappa shape index (κ2) is 4.83. The third-order valence-electron chi connectivity index (χ3n) is 2.47. The molecule has 5 nitrogen and oxygen atoms in total. The molecule has 0 radical (unpaired) electrons. The predicted molar refractivity (Wildman–Crippen MR) is 66.9 cm³/mol. The summed E-state index contributed by atoms with van der Waals surface area (Å²) in [6.45, 7) is 7.25. The second-order valence-corrected chi connectivity index (χ2v) is 5.78. The van der Waals surface area contributed by atoms with Gasteiger partial charge in [0.05, 0.1) is 16.1 Å². The van der Waals surface area contributed by atoms with Crippen molar-refractivity contribution >= 4 is 23.2 Å². The standard InChI is InChI=1S/C11H17N3O2S/c1-6-8(17-7(2)14-6)9(15)13-5-11(3,4)10(12)16/h5H2,1-4H3,(H2,12,16)(H,13,15). The SMILES string of the molecule is Cc1nc(C)c(C(=O)NCC(C)(C)C(N)=O)s1. The summed E-state index contributed by atoms with van der Waals surface area (Å²) in [7, 11) is 0. The molecule has 2 amide bonds. The molecule has 0 fully saturated rings. The van der Waals surface area contributed by atoms with Gasteiger partial charge in [-0.05, 0) is 27.7 Å². The minimum Gasteiger partial charge on any atom is -0.369 e. The first-order chi connectivity index (χ1) is 7.74. The van der Waals surface area contributed by atoms with Gasteiger partial charge in [0.25, 0.3) is 5.91 Å². The van der Waals surface area contributed by atoms with Crippen molar-refractivity contribution in [1.82, 2.24) is 10.3 Å². The van der Waals surface area contributed by atoms with Crippen molar-refractivity contribution in [2.75, 3.05) is 6.54 Å². The lowest BCUT2D eigenvalue weighted by Crippen LogP contribution is -2.42. The van der Waals surface area contributed by atoms with Crippen LogP contribution in [0.1, 0.15) is 34.2 Å². The molecule has 1 aromatic heterocycles. The van der Waals surface area contributed by atoms with E-state index in [2.05, 4.69) is 10.3 Å². The van der Waals surface area contributed by atoms with Crippen LogP contribution in [0.4, 0.5) is 0 Å². The molecule has 1 rings (SSSR count). The molecule has 0 saturated carbocycles.